The van der Waals surface area contributed by atoms with Crippen molar-refractivity contribution in [2.75, 3.05) is 0 Å². The molecule has 0 fully saturated rings. The van der Waals surface area contributed by atoms with E-state index in [2.05, 4.69) is 39.9 Å². The smallest absolute Gasteiger partial charge is 0.138 e. The zero-order chi connectivity index (χ0) is 14.7. The van der Waals surface area contributed by atoms with Crippen LogP contribution in [0.15, 0.2) is 29.0 Å². The molecule has 2 rings (SSSR count). The molecule has 6 heteroatoms. The third-order valence-electron chi connectivity index (χ3n) is 2.93. The predicted molar refractivity (Wildman–Crippen MR) is 77.6 cm³/mol. The van der Waals surface area contributed by atoms with Crippen LogP contribution < -0.4 is 0 Å². The molecule has 1 aromatic heterocycles. The summed E-state index contributed by atoms with van der Waals surface area (Å²) in [5, 5.41) is 14.3. The maximum Gasteiger partial charge on any atom is 0.138 e. The van der Waals surface area contributed by atoms with Crippen LogP contribution in [0.25, 0.3) is 0 Å². The number of aliphatic hydroxyl groups is 1. The molecule has 1 atom stereocenters. The number of benzene rings is 1. The van der Waals surface area contributed by atoms with E-state index in [1.165, 1.54) is 12.4 Å². The number of aromatic nitrogens is 3. The minimum atomic E-state index is -0.932. The van der Waals surface area contributed by atoms with Gasteiger partial charge < -0.3 is 5.11 Å². The predicted octanol–water partition coefficient (Wildman–Crippen LogP) is 3.11. The van der Waals surface area contributed by atoms with Gasteiger partial charge >= 0.3 is 0 Å². The first kappa shape index (κ1) is 15.1. The molecule has 1 unspecified atom stereocenters. The molecule has 20 heavy (non-hydrogen) atoms. The van der Waals surface area contributed by atoms with Crippen LogP contribution in [0.5, 0.6) is 0 Å². The summed E-state index contributed by atoms with van der Waals surface area (Å²) in [4.78, 5) is 4.14. The van der Waals surface area contributed by atoms with Crippen molar-refractivity contribution in [2.24, 2.45) is 5.92 Å². The molecular weight excluding hydrogens is 325 g/mol. The van der Waals surface area contributed by atoms with Crippen LogP contribution in [-0.2, 0) is 13.0 Å². The van der Waals surface area contributed by atoms with Crippen LogP contribution in [-0.4, -0.2) is 19.9 Å². The molecule has 0 saturated carbocycles. The second-order valence-corrected chi connectivity index (χ2v) is 6.05. The van der Waals surface area contributed by atoms with Crippen molar-refractivity contribution in [3.05, 3.63) is 46.2 Å². The fourth-order valence-electron chi connectivity index (χ4n) is 2.00. The monoisotopic (exact) mass is 341 g/mol. The second kappa shape index (κ2) is 6.45. The third-order valence-corrected chi connectivity index (χ3v) is 3.42. The van der Waals surface area contributed by atoms with Crippen LogP contribution >= 0.6 is 15.9 Å². The molecule has 0 amide bonds. The van der Waals surface area contributed by atoms with Gasteiger partial charge in [0.05, 0.1) is 6.10 Å². The largest absolute Gasteiger partial charge is 0.388 e. The Bertz CT molecular complexity index is 586. The lowest BCUT2D eigenvalue weighted by Gasteiger charge is -2.13. The number of hydrogen-bond donors (Lipinski definition) is 1. The Hall–Kier alpha value is -1.27. The molecule has 4 nitrogen and oxygen atoms in total. The molecule has 0 aliphatic carbocycles. The van der Waals surface area contributed by atoms with E-state index in [1.807, 2.05) is 0 Å². The van der Waals surface area contributed by atoms with Gasteiger partial charge in [0.2, 0.25) is 0 Å². The highest BCUT2D eigenvalue weighted by Gasteiger charge is 2.17. The third kappa shape index (κ3) is 3.64. The van der Waals surface area contributed by atoms with Gasteiger partial charge in [0, 0.05) is 23.0 Å². The summed E-state index contributed by atoms with van der Waals surface area (Å²) in [6, 6.07) is 4.63. The lowest BCUT2D eigenvalue weighted by molar-refractivity contribution is 0.168. The first-order valence-corrected chi connectivity index (χ1v) is 7.26. The van der Waals surface area contributed by atoms with Crippen molar-refractivity contribution in [3.63, 3.8) is 0 Å². The van der Waals surface area contributed by atoms with E-state index in [9.17, 15) is 9.50 Å². The molecule has 108 valence electrons. The van der Waals surface area contributed by atoms with Crippen LogP contribution in [0.1, 0.15) is 31.3 Å². The zero-order valence-electron chi connectivity index (χ0n) is 11.4. The van der Waals surface area contributed by atoms with Crippen molar-refractivity contribution in [2.45, 2.75) is 32.9 Å². The van der Waals surface area contributed by atoms with Crippen molar-refractivity contribution < 1.29 is 9.50 Å². The first-order valence-electron chi connectivity index (χ1n) is 6.47. The Labute approximate surface area is 125 Å². The van der Waals surface area contributed by atoms with Gasteiger partial charge in [-0.3, -0.25) is 0 Å². The van der Waals surface area contributed by atoms with Gasteiger partial charge in [-0.1, -0.05) is 35.8 Å². The lowest BCUT2D eigenvalue weighted by Crippen LogP contribution is -2.14. The molecule has 1 N–H and O–H groups in total. The summed E-state index contributed by atoms with van der Waals surface area (Å²) in [5.74, 6) is 0.660. The highest BCUT2D eigenvalue weighted by Crippen LogP contribution is 2.23. The number of halogens is 2. The van der Waals surface area contributed by atoms with Gasteiger partial charge in [-0.15, -0.1) is 0 Å². The molecule has 0 saturated heterocycles. The quantitative estimate of drug-likeness (QED) is 0.908. The molecular formula is C14H17BrFN3O. The molecule has 0 aliphatic heterocycles. The van der Waals surface area contributed by atoms with Crippen molar-refractivity contribution in [3.8, 4) is 0 Å². The average molecular weight is 342 g/mol. The summed E-state index contributed by atoms with van der Waals surface area (Å²) >= 11 is 3.20. The number of aliphatic hydroxyl groups excluding tert-OH is 1. The number of hydrogen-bond acceptors (Lipinski definition) is 3. The van der Waals surface area contributed by atoms with E-state index in [-0.39, 0.29) is 12.0 Å². The van der Waals surface area contributed by atoms with Crippen molar-refractivity contribution in [1.82, 2.24) is 14.8 Å². The van der Waals surface area contributed by atoms with Gasteiger partial charge in [0.25, 0.3) is 0 Å². The maximum atomic E-state index is 13.8. The summed E-state index contributed by atoms with van der Waals surface area (Å²) in [5.41, 5.74) is 0.271. The second-order valence-electron chi connectivity index (χ2n) is 5.14. The highest BCUT2D eigenvalue weighted by atomic mass is 79.9. The Balaban J connectivity index is 2.15. The number of nitrogens with zero attached hydrogens (tertiary/aromatic N) is 3. The average Bonchev–Trinajstić information content (AvgIpc) is 2.75. The molecule has 0 bridgehead atoms. The minimum Gasteiger partial charge on any atom is -0.388 e. The molecule has 0 radical (unpaired) electrons. The number of rotatable bonds is 5. The fourth-order valence-corrected chi connectivity index (χ4v) is 2.33. The molecule has 0 spiro atoms. The van der Waals surface area contributed by atoms with E-state index in [4.69, 9.17) is 0 Å². The van der Waals surface area contributed by atoms with Crippen LogP contribution in [0, 0.1) is 11.7 Å². The topological polar surface area (TPSA) is 50.9 Å². The normalized spacial score (nSPS) is 12.9. The summed E-state index contributed by atoms with van der Waals surface area (Å²) in [6.45, 7) is 4.89. The van der Waals surface area contributed by atoms with Crippen molar-refractivity contribution in [1.29, 1.82) is 0 Å². The van der Waals surface area contributed by atoms with E-state index < -0.39 is 11.9 Å². The Kier molecular flexibility index (Phi) is 4.88. The maximum absolute atomic E-state index is 13.8. The zero-order valence-corrected chi connectivity index (χ0v) is 13.0. The van der Waals surface area contributed by atoms with Gasteiger partial charge in [-0.05, 0) is 18.1 Å². The Morgan fingerprint density at radius 1 is 1.40 bits per heavy atom. The first-order chi connectivity index (χ1) is 9.47. The fraction of sp³-hybridized carbons (Fsp3) is 0.429. The molecule has 2 aromatic rings. The van der Waals surface area contributed by atoms with Gasteiger partial charge in [0.15, 0.2) is 0 Å². The van der Waals surface area contributed by atoms with Crippen LogP contribution in [0.2, 0.25) is 0 Å². The van der Waals surface area contributed by atoms with Gasteiger partial charge in [-0.25, -0.2) is 14.1 Å². The van der Waals surface area contributed by atoms with Crippen LogP contribution in [0.4, 0.5) is 4.39 Å². The minimum absolute atomic E-state index is 0.241. The highest BCUT2D eigenvalue weighted by molar-refractivity contribution is 9.10. The van der Waals surface area contributed by atoms with E-state index in [1.54, 1.807) is 16.8 Å². The Morgan fingerprint density at radius 3 is 2.80 bits per heavy atom. The van der Waals surface area contributed by atoms with E-state index in [0.717, 1.165) is 6.54 Å². The Morgan fingerprint density at radius 2 is 2.15 bits per heavy atom. The van der Waals surface area contributed by atoms with Crippen LogP contribution in [0.3, 0.4) is 0 Å². The molecule has 0 aliphatic rings. The molecule has 1 aromatic carbocycles. The van der Waals surface area contributed by atoms with Gasteiger partial charge in [-0.2, -0.15) is 5.10 Å². The SMILES string of the molecule is CC(C)Cn1ncnc1CC(O)c1ccc(Br)cc1F. The molecule has 1 heterocycles. The summed E-state index contributed by atoms with van der Waals surface area (Å²) in [7, 11) is 0. The van der Waals surface area contributed by atoms with Crippen molar-refractivity contribution >= 4 is 15.9 Å². The van der Waals surface area contributed by atoms with E-state index >= 15 is 0 Å². The summed E-state index contributed by atoms with van der Waals surface area (Å²) < 4.78 is 16.2. The van der Waals surface area contributed by atoms with E-state index in [0.29, 0.717) is 16.2 Å². The lowest BCUT2D eigenvalue weighted by atomic mass is 10.1. The van der Waals surface area contributed by atoms with Gasteiger partial charge in [0.1, 0.15) is 18.0 Å². The standard InChI is InChI=1S/C14H17BrFN3O/c1-9(2)7-19-14(17-8-18-19)6-13(20)11-4-3-10(15)5-12(11)16/h3-5,8-9,13,20H,6-7H2,1-2H3. The summed E-state index contributed by atoms with van der Waals surface area (Å²) in [6.07, 6.45) is 0.770.